The third-order valence-electron chi connectivity index (χ3n) is 5.67. The molecule has 1 saturated heterocycles. The van der Waals surface area contributed by atoms with E-state index in [2.05, 4.69) is 11.9 Å². The second-order valence-electron chi connectivity index (χ2n) is 7.94. The van der Waals surface area contributed by atoms with Crippen molar-refractivity contribution in [2.45, 2.75) is 36.6 Å². The molecule has 7 nitrogen and oxygen atoms in total. The van der Waals surface area contributed by atoms with Crippen molar-refractivity contribution in [2.75, 3.05) is 31.7 Å². The lowest BCUT2D eigenvalue weighted by Crippen LogP contribution is -2.33. The number of nitrogens with zero attached hydrogens (tertiary/aromatic N) is 2. The van der Waals surface area contributed by atoms with Crippen LogP contribution in [0.3, 0.4) is 0 Å². The number of ether oxygens (including phenoxy) is 2. The molecule has 0 unspecified atom stereocenters. The summed E-state index contributed by atoms with van der Waals surface area (Å²) in [4.78, 5) is 6.61. The highest BCUT2D eigenvalue weighted by Gasteiger charge is 2.32. The molecule has 4 rings (SSSR count). The van der Waals surface area contributed by atoms with Crippen LogP contribution in [0.15, 0.2) is 62.9 Å². The monoisotopic (exact) mass is 456 g/mol. The minimum atomic E-state index is -3.90. The zero-order valence-electron chi connectivity index (χ0n) is 18.6. The van der Waals surface area contributed by atoms with E-state index in [1.165, 1.54) is 0 Å². The maximum Gasteiger partial charge on any atom is 0.236 e. The van der Waals surface area contributed by atoms with Gasteiger partial charge in [-0.3, -0.25) is 0 Å². The van der Waals surface area contributed by atoms with E-state index < -0.39 is 9.84 Å². The Morgan fingerprint density at radius 3 is 2.47 bits per heavy atom. The lowest BCUT2D eigenvalue weighted by Gasteiger charge is -2.30. The Bertz CT molecular complexity index is 1160. The predicted molar refractivity (Wildman–Crippen MR) is 122 cm³/mol. The number of aromatic nitrogens is 1. The van der Waals surface area contributed by atoms with E-state index in [9.17, 15) is 8.42 Å². The Hall–Kier alpha value is -3.00. The third kappa shape index (κ3) is 4.46. The van der Waals surface area contributed by atoms with Crippen molar-refractivity contribution in [1.29, 1.82) is 0 Å². The van der Waals surface area contributed by atoms with E-state index in [0.29, 0.717) is 35.5 Å². The molecule has 1 aliphatic rings. The van der Waals surface area contributed by atoms with Gasteiger partial charge in [0.2, 0.25) is 26.6 Å². The highest BCUT2D eigenvalue weighted by molar-refractivity contribution is 7.91. The number of anilines is 1. The molecular formula is C24H28N2O5S. The summed E-state index contributed by atoms with van der Waals surface area (Å²) in [5.74, 6) is 2.41. The minimum absolute atomic E-state index is 0.0611. The van der Waals surface area contributed by atoms with Gasteiger partial charge in [0.25, 0.3) is 0 Å². The summed E-state index contributed by atoms with van der Waals surface area (Å²) in [6.45, 7) is 6.04. The van der Waals surface area contributed by atoms with Crippen molar-refractivity contribution >= 4 is 15.7 Å². The van der Waals surface area contributed by atoms with E-state index in [4.69, 9.17) is 13.9 Å². The average molecular weight is 457 g/mol. The van der Waals surface area contributed by atoms with Gasteiger partial charge in [0.05, 0.1) is 18.6 Å². The number of sulfone groups is 1. The summed E-state index contributed by atoms with van der Waals surface area (Å²) in [6, 6.07) is 13.6. The molecule has 0 atom stereocenters. The Morgan fingerprint density at radius 2 is 1.81 bits per heavy atom. The van der Waals surface area contributed by atoms with E-state index in [1.807, 2.05) is 30.0 Å². The van der Waals surface area contributed by atoms with Crippen LogP contribution in [0.5, 0.6) is 11.5 Å². The Labute approximate surface area is 188 Å². The van der Waals surface area contributed by atoms with Crippen LogP contribution < -0.4 is 14.4 Å². The summed E-state index contributed by atoms with van der Waals surface area (Å²) in [5, 5.41) is -0.0611. The Balaban J connectivity index is 1.78. The molecule has 32 heavy (non-hydrogen) atoms. The van der Waals surface area contributed by atoms with Gasteiger partial charge in [-0.05, 0) is 68.1 Å². The van der Waals surface area contributed by atoms with E-state index in [1.54, 1.807) is 37.4 Å². The highest BCUT2D eigenvalue weighted by Crippen LogP contribution is 2.37. The molecule has 1 fully saturated rings. The van der Waals surface area contributed by atoms with Gasteiger partial charge in [-0.25, -0.2) is 8.42 Å². The molecule has 3 aromatic rings. The van der Waals surface area contributed by atoms with Crippen molar-refractivity contribution < 1.29 is 22.3 Å². The van der Waals surface area contributed by atoms with Crippen molar-refractivity contribution in [2.24, 2.45) is 5.92 Å². The molecule has 2 aromatic carbocycles. The second kappa shape index (κ2) is 9.24. The number of hydrogen-bond donors (Lipinski definition) is 0. The standard InChI is InChI=1S/C24H28N2O5S/c1-4-30-19-8-10-21(11-9-19)32(27,28)23-24(26-14-12-17(2)13-15-26)31-22(25-23)18-6-5-7-20(16-18)29-3/h5-11,16-17H,4,12-15H2,1-3H3. The molecule has 0 spiro atoms. The summed E-state index contributed by atoms with van der Waals surface area (Å²) in [7, 11) is -2.32. The fourth-order valence-corrected chi connectivity index (χ4v) is 5.08. The molecule has 1 aromatic heterocycles. The van der Waals surface area contributed by atoms with E-state index >= 15 is 0 Å². The Kier molecular flexibility index (Phi) is 6.41. The van der Waals surface area contributed by atoms with Crippen molar-refractivity contribution in [3.8, 4) is 23.0 Å². The quantitative estimate of drug-likeness (QED) is 0.504. The fourth-order valence-electron chi connectivity index (χ4n) is 3.76. The molecule has 0 radical (unpaired) electrons. The molecule has 0 saturated carbocycles. The molecule has 170 valence electrons. The summed E-state index contributed by atoms with van der Waals surface area (Å²) in [6.07, 6.45) is 1.94. The number of oxazole rings is 1. The molecule has 2 heterocycles. The summed E-state index contributed by atoms with van der Waals surface area (Å²) >= 11 is 0. The van der Waals surface area contributed by atoms with Crippen LogP contribution >= 0.6 is 0 Å². The van der Waals surface area contributed by atoms with Gasteiger partial charge in [0.15, 0.2) is 0 Å². The maximum absolute atomic E-state index is 13.6. The average Bonchev–Trinajstić information content (AvgIpc) is 3.27. The van der Waals surface area contributed by atoms with Crippen LogP contribution in [-0.2, 0) is 9.84 Å². The lowest BCUT2D eigenvalue weighted by molar-refractivity contribution is 0.340. The molecular weight excluding hydrogens is 428 g/mol. The molecule has 0 aliphatic carbocycles. The van der Waals surface area contributed by atoms with Crippen LogP contribution in [0, 0.1) is 5.92 Å². The van der Waals surface area contributed by atoms with E-state index in [0.717, 1.165) is 25.9 Å². The first-order chi connectivity index (χ1) is 15.4. The van der Waals surface area contributed by atoms with Crippen LogP contribution in [0.2, 0.25) is 0 Å². The molecule has 1 aliphatic heterocycles. The van der Waals surface area contributed by atoms with Gasteiger partial charge in [-0.1, -0.05) is 13.0 Å². The third-order valence-corrected chi connectivity index (χ3v) is 7.33. The number of rotatable bonds is 7. The van der Waals surface area contributed by atoms with Crippen molar-refractivity contribution in [3.05, 3.63) is 48.5 Å². The van der Waals surface area contributed by atoms with Crippen LogP contribution in [0.4, 0.5) is 5.88 Å². The lowest BCUT2D eigenvalue weighted by atomic mass is 9.99. The maximum atomic E-state index is 13.6. The SMILES string of the molecule is CCOc1ccc(S(=O)(=O)c2nc(-c3cccc(OC)c3)oc2N2CCC(C)CC2)cc1. The van der Waals surface area contributed by atoms with Gasteiger partial charge >= 0.3 is 0 Å². The Morgan fingerprint density at radius 1 is 1.09 bits per heavy atom. The van der Waals surface area contributed by atoms with Crippen LogP contribution in [0.1, 0.15) is 26.7 Å². The van der Waals surface area contributed by atoms with Gasteiger partial charge in [0.1, 0.15) is 11.5 Å². The van der Waals surface area contributed by atoms with Crippen LogP contribution in [-0.4, -0.2) is 40.2 Å². The first kappa shape index (κ1) is 22.2. The van der Waals surface area contributed by atoms with Crippen LogP contribution in [0.25, 0.3) is 11.5 Å². The second-order valence-corrected chi connectivity index (χ2v) is 9.80. The highest BCUT2D eigenvalue weighted by atomic mass is 32.2. The predicted octanol–water partition coefficient (Wildman–Crippen LogP) is 4.82. The smallest absolute Gasteiger partial charge is 0.236 e. The zero-order chi connectivity index (χ0) is 22.7. The molecule has 0 amide bonds. The normalized spacial score (nSPS) is 15.0. The van der Waals surface area contributed by atoms with Gasteiger partial charge in [0, 0.05) is 18.7 Å². The zero-order valence-corrected chi connectivity index (χ0v) is 19.4. The van der Waals surface area contributed by atoms with Gasteiger partial charge < -0.3 is 18.8 Å². The fraction of sp³-hybridized carbons (Fsp3) is 0.375. The van der Waals surface area contributed by atoms with E-state index in [-0.39, 0.29) is 15.8 Å². The molecule has 8 heteroatoms. The number of methoxy groups -OCH3 is 1. The first-order valence-electron chi connectivity index (χ1n) is 10.8. The number of hydrogen-bond acceptors (Lipinski definition) is 7. The first-order valence-corrected chi connectivity index (χ1v) is 12.3. The number of benzene rings is 2. The van der Waals surface area contributed by atoms with Gasteiger partial charge in [-0.2, -0.15) is 4.98 Å². The number of piperidine rings is 1. The summed E-state index contributed by atoms with van der Waals surface area (Å²) < 4.78 is 44.0. The summed E-state index contributed by atoms with van der Waals surface area (Å²) in [5.41, 5.74) is 0.657. The topological polar surface area (TPSA) is 81.9 Å². The molecule has 0 N–H and O–H groups in total. The van der Waals surface area contributed by atoms with Gasteiger partial charge in [-0.15, -0.1) is 0 Å². The van der Waals surface area contributed by atoms with Crippen molar-refractivity contribution in [3.63, 3.8) is 0 Å². The molecule has 0 bridgehead atoms. The van der Waals surface area contributed by atoms with Crippen molar-refractivity contribution in [1.82, 2.24) is 4.98 Å². The largest absolute Gasteiger partial charge is 0.497 e. The minimum Gasteiger partial charge on any atom is -0.497 e.